The molecule has 0 radical (unpaired) electrons. The van der Waals surface area contributed by atoms with E-state index in [-0.39, 0.29) is 5.91 Å². The summed E-state index contributed by atoms with van der Waals surface area (Å²) in [4.78, 5) is 19.2. The van der Waals surface area contributed by atoms with Crippen molar-refractivity contribution in [1.82, 2.24) is 4.98 Å². The van der Waals surface area contributed by atoms with Crippen molar-refractivity contribution >= 4 is 28.2 Å². The van der Waals surface area contributed by atoms with Crippen LogP contribution in [0.1, 0.15) is 10.4 Å². The standard InChI is InChI=1S/C21H21N3O3/c1-26-20-8-9-22-19-14-15(2-7-18(19)20)21(25)23-16-3-5-17(6-4-16)24-10-12-27-13-11-24/h2-9,14H,10-13H2,1H3,(H,23,25). The van der Waals surface area contributed by atoms with Crippen LogP contribution >= 0.6 is 0 Å². The van der Waals surface area contributed by atoms with E-state index in [2.05, 4.69) is 15.2 Å². The molecular formula is C21H21N3O3. The van der Waals surface area contributed by atoms with Crippen molar-refractivity contribution in [1.29, 1.82) is 0 Å². The zero-order valence-corrected chi connectivity index (χ0v) is 15.1. The van der Waals surface area contributed by atoms with Crippen molar-refractivity contribution in [2.24, 2.45) is 0 Å². The number of methoxy groups -OCH3 is 1. The molecule has 0 saturated carbocycles. The van der Waals surface area contributed by atoms with Crippen LogP contribution < -0.4 is 15.0 Å². The zero-order valence-electron chi connectivity index (χ0n) is 15.1. The molecule has 1 amide bonds. The Balaban J connectivity index is 1.49. The molecule has 0 atom stereocenters. The summed E-state index contributed by atoms with van der Waals surface area (Å²) in [5.41, 5.74) is 3.18. The lowest BCUT2D eigenvalue weighted by Crippen LogP contribution is -2.36. The van der Waals surface area contributed by atoms with E-state index in [0.29, 0.717) is 5.56 Å². The fourth-order valence-electron chi connectivity index (χ4n) is 3.22. The van der Waals surface area contributed by atoms with Crippen LogP contribution in [-0.4, -0.2) is 44.3 Å². The maximum atomic E-state index is 12.6. The van der Waals surface area contributed by atoms with E-state index in [4.69, 9.17) is 9.47 Å². The van der Waals surface area contributed by atoms with Crippen LogP contribution in [0.15, 0.2) is 54.7 Å². The molecule has 2 aromatic carbocycles. The van der Waals surface area contributed by atoms with Gasteiger partial charge < -0.3 is 19.7 Å². The lowest BCUT2D eigenvalue weighted by Gasteiger charge is -2.28. The highest BCUT2D eigenvalue weighted by atomic mass is 16.5. The lowest BCUT2D eigenvalue weighted by molar-refractivity contribution is 0.102. The number of pyridine rings is 1. The van der Waals surface area contributed by atoms with Gasteiger partial charge in [0.1, 0.15) is 5.75 Å². The Bertz CT molecular complexity index is 951. The number of anilines is 2. The van der Waals surface area contributed by atoms with Crippen molar-refractivity contribution < 1.29 is 14.3 Å². The first-order valence-corrected chi connectivity index (χ1v) is 8.91. The molecule has 6 nitrogen and oxygen atoms in total. The minimum Gasteiger partial charge on any atom is -0.496 e. The first kappa shape index (κ1) is 17.3. The molecule has 6 heteroatoms. The van der Waals surface area contributed by atoms with Crippen LogP contribution in [0.25, 0.3) is 10.9 Å². The summed E-state index contributed by atoms with van der Waals surface area (Å²) >= 11 is 0. The van der Waals surface area contributed by atoms with Gasteiger partial charge in [-0.1, -0.05) is 0 Å². The van der Waals surface area contributed by atoms with Gasteiger partial charge in [-0.2, -0.15) is 0 Å². The van der Waals surface area contributed by atoms with Crippen molar-refractivity contribution in [2.45, 2.75) is 0 Å². The molecule has 27 heavy (non-hydrogen) atoms. The molecule has 1 fully saturated rings. The molecule has 1 saturated heterocycles. The Morgan fingerprint density at radius 3 is 2.63 bits per heavy atom. The molecule has 1 N–H and O–H groups in total. The van der Waals surface area contributed by atoms with Gasteiger partial charge in [0.25, 0.3) is 5.91 Å². The Hall–Kier alpha value is -3.12. The summed E-state index contributed by atoms with van der Waals surface area (Å²) in [7, 11) is 1.62. The van der Waals surface area contributed by atoms with E-state index in [1.807, 2.05) is 30.3 Å². The van der Waals surface area contributed by atoms with Crippen LogP contribution in [-0.2, 0) is 4.74 Å². The number of fused-ring (bicyclic) bond motifs is 1. The van der Waals surface area contributed by atoms with E-state index >= 15 is 0 Å². The molecule has 1 aliphatic rings. The molecule has 1 aromatic heterocycles. The second kappa shape index (κ2) is 7.63. The molecule has 3 aromatic rings. The average Bonchev–Trinajstić information content (AvgIpc) is 2.74. The smallest absolute Gasteiger partial charge is 0.255 e. The Labute approximate surface area is 157 Å². The molecular weight excluding hydrogens is 342 g/mol. The fraction of sp³-hybridized carbons (Fsp3) is 0.238. The Morgan fingerprint density at radius 1 is 1.11 bits per heavy atom. The van der Waals surface area contributed by atoms with Crippen LogP contribution in [0.5, 0.6) is 5.75 Å². The summed E-state index contributed by atoms with van der Waals surface area (Å²) in [6.45, 7) is 3.27. The van der Waals surface area contributed by atoms with Crippen molar-refractivity contribution in [3.63, 3.8) is 0 Å². The third-order valence-electron chi connectivity index (χ3n) is 4.69. The van der Waals surface area contributed by atoms with E-state index in [1.54, 1.807) is 31.5 Å². The highest BCUT2D eigenvalue weighted by Gasteiger charge is 2.12. The Kier molecular flexibility index (Phi) is 4.89. The number of morpholine rings is 1. The third-order valence-corrected chi connectivity index (χ3v) is 4.69. The van der Waals surface area contributed by atoms with Gasteiger partial charge >= 0.3 is 0 Å². The van der Waals surface area contributed by atoms with Gasteiger partial charge in [0.15, 0.2) is 0 Å². The highest BCUT2D eigenvalue weighted by molar-refractivity contribution is 6.06. The number of ether oxygens (including phenoxy) is 2. The van der Waals surface area contributed by atoms with Gasteiger partial charge in [-0.05, 0) is 48.5 Å². The monoisotopic (exact) mass is 363 g/mol. The number of rotatable bonds is 4. The number of carbonyl (C=O) groups excluding carboxylic acids is 1. The molecule has 1 aliphatic heterocycles. The average molecular weight is 363 g/mol. The fourth-order valence-corrected chi connectivity index (χ4v) is 3.22. The van der Waals surface area contributed by atoms with E-state index in [0.717, 1.165) is 54.3 Å². The molecule has 0 spiro atoms. The van der Waals surface area contributed by atoms with Crippen LogP contribution in [0, 0.1) is 0 Å². The first-order valence-electron chi connectivity index (χ1n) is 8.91. The number of nitrogens with one attached hydrogen (secondary N) is 1. The normalized spacial score (nSPS) is 14.2. The third kappa shape index (κ3) is 3.71. The summed E-state index contributed by atoms with van der Waals surface area (Å²) in [6, 6.07) is 15.1. The van der Waals surface area contributed by atoms with Crippen LogP contribution in [0.3, 0.4) is 0 Å². The van der Waals surface area contributed by atoms with E-state index in [1.165, 1.54) is 0 Å². The quantitative estimate of drug-likeness (QED) is 0.770. The Morgan fingerprint density at radius 2 is 1.89 bits per heavy atom. The number of carbonyl (C=O) groups is 1. The second-order valence-electron chi connectivity index (χ2n) is 6.35. The van der Waals surface area contributed by atoms with Gasteiger partial charge in [0.2, 0.25) is 0 Å². The van der Waals surface area contributed by atoms with Gasteiger partial charge in [0.05, 0.1) is 25.8 Å². The number of hydrogen-bond donors (Lipinski definition) is 1. The lowest BCUT2D eigenvalue weighted by atomic mass is 10.1. The molecule has 4 rings (SSSR count). The molecule has 2 heterocycles. The predicted octanol–water partition coefficient (Wildman–Crippen LogP) is 3.33. The number of amides is 1. The molecule has 0 bridgehead atoms. The zero-order chi connectivity index (χ0) is 18.6. The van der Waals surface area contributed by atoms with E-state index in [9.17, 15) is 4.79 Å². The molecule has 0 unspecified atom stereocenters. The molecule has 138 valence electrons. The first-order chi connectivity index (χ1) is 13.2. The summed E-state index contributed by atoms with van der Waals surface area (Å²) in [6.07, 6.45) is 1.67. The predicted molar refractivity (Wildman–Crippen MR) is 106 cm³/mol. The number of nitrogens with zero attached hydrogens (tertiary/aromatic N) is 2. The summed E-state index contributed by atoms with van der Waals surface area (Å²) in [5.74, 6) is 0.575. The number of aromatic nitrogens is 1. The van der Waals surface area contributed by atoms with Gasteiger partial charge in [0, 0.05) is 41.6 Å². The maximum absolute atomic E-state index is 12.6. The maximum Gasteiger partial charge on any atom is 0.255 e. The number of hydrogen-bond acceptors (Lipinski definition) is 5. The minimum atomic E-state index is -0.166. The van der Waals surface area contributed by atoms with Gasteiger partial charge in [-0.25, -0.2) is 0 Å². The summed E-state index contributed by atoms with van der Waals surface area (Å²) < 4.78 is 10.7. The largest absolute Gasteiger partial charge is 0.496 e. The van der Waals surface area contributed by atoms with Crippen molar-refractivity contribution in [3.8, 4) is 5.75 Å². The van der Waals surface area contributed by atoms with Crippen LogP contribution in [0.4, 0.5) is 11.4 Å². The molecule has 0 aliphatic carbocycles. The summed E-state index contributed by atoms with van der Waals surface area (Å²) in [5, 5.41) is 3.82. The van der Waals surface area contributed by atoms with E-state index < -0.39 is 0 Å². The van der Waals surface area contributed by atoms with Crippen molar-refractivity contribution in [2.75, 3.05) is 43.6 Å². The minimum absolute atomic E-state index is 0.166. The number of benzene rings is 2. The SMILES string of the molecule is COc1ccnc2cc(C(=O)Nc3ccc(N4CCOCC4)cc3)ccc12. The van der Waals surface area contributed by atoms with Crippen LogP contribution in [0.2, 0.25) is 0 Å². The van der Waals surface area contributed by atoms with Crippen molar-refractivity contribution in [3.05, 3.63) is 60.3 Å². The topological polar surface area (TPSA) is 63.7 Å². The highest BCUT2D eigenvalue weighted by Crippen LogP contribution is 2.25. The van der Waals surface area contributed by atoms with Gasteiger partial charge in [-0.15, -0.1) is 0 Å². The van der Waals surface area contributed by atoms with Gasteiger partial charge in [-0.3, -0.25) is 9.78 Å². The second-order valence-corrected chi connectivity index (χ2v) is 6.35.